The summed E-state index contributed by atoms with van der Waals surface area (Å²) in [5, 5.41) is 14.9. The second-order valence-electron chi connectivity index (χ2n) is 7.45. The first kappa shape index (κ1) is 22.7. The third-order valence-corrected chi connectivity index (χ3v) is 5.13. The zero-order valence-electron chi connectivity index (χ0n) is 17.7. The van der Waals surface area contributed by atoms with Crippen LogP contribution >= 0.6 is 0 Å². The smallest absolute Gasteiger partial charge is 0.318 e. The molecule has 0 aliphatic rings. The number of alkyl halides is 3. The second kappa shape index (κ2) is 8.83. The molecule has 0 atom stereocenters. The van der Waals surface area contributed by atoms with Gasteiger partial charge in [-0.3, -0.25) is 4.79 Å². The third kappa shape index (κ3) is 4.52. The van der Waals surface area contributed by atoms with Crippen LogP contribution in [0.5, 0.6) is 0 Å². The average molecular weight is 464 g/mol. The number of carbonyl (C=O) groups excluding carboxylic acids is 1. The Morgan fingerprint density at radius 2 is 1.79 bits per heavy atom. The predicted molar refractivity (Wildman–Crippen MR) is 118 cm³/mol. The summed E-state index contributed by atoms with van der Waals surface area (Å²) < 4.78 is 55.5. The molecule has 170 valence electrons. The first-order valence-electron chi connectivity index (χ1n) is 10.0. The van der Waals surface area contributed by atoms with E-state index in [-0.39, 0.29) is 16.9 Å². The standard InChI is InChI=1S/C25H16F4N4O/c1-15-5-2-3-8-19(15)17-9-10-21(20(26)12-17)31-24(34)22-13-23(25(27,28)29)32-33(22)18-7-4-6-16(11-18)14-30/h2-13H,1H3,(H,31,34). The number of hydrogen-bond donors (Lipinski definition) is 1. The highest BCUT2D eigenvalue weighted by molar-refractivity contribution is 6.03. The van der Waals surface area contributed by atoms with Gasteiger partial charge in [-0.1, -0.05) is 36.4 Å². The Hall–Kier alpha value is -4.45. The van der Waals surface area contributed by atoms with Crippen LogP contribution < -0.4 is 5.32 Å². The predicted octanol–water partition coefficient (Wildman–Crippen LogP) is 6.13. The zero-order chi connectivity index (χ0) is 24.5. The van der Waals surface area contributed by atoms with Gasteiger partial charge in [-0.2, -0.15) is 23.5 Å². The Morgan fingerprint density at radius 1 is 1.03 bits per heavy atom. The van der Waals surface area contributed by atoms with E-state index in [1.54, 1.807) is 6.07 Å². The molecule has 3 aromatic carbocycles. The molecule has 0 aliphatic carbocycles. The van der Waals surface area contributed by atoms with Gasteiger partial charge in [0.15, 0.2) is 5.69 Å². The van der Waals surface area contributed by atoms with Crippen molar-refractivity contribution in [2.45, 2.75) is 13.1 Å². The minimum Gasteiger partial charge on any atom is -0.318 e. The summed E-state index contributed by atoms with van der Waals surface area (Å²) in [6.45, 7) is 1.88. The normalized spacial score (nSPS) is 11.2. The molecule has 0 aliphatic heterocycles. The van der Waals surface area contributed by atoms with Gasteiger partial charge >= 0.3 is 6.18 Å². The van der Waals surface area contributed by atoms with Crippen molar-refractivity contribution < 1.29 is 22.4 Å². The number of aryl methyl sites for hydroxylation is 1. The van der Waals surface area contributed by atoms with Crippen LogP contribution in [-0.2, 0) is 6.18 Å². The lowest BCUT2D eigenvalue weighted by Gasteiger charge is -2.11. The van der Waals surface area contributed by atoms with E-state index in [4.69, 9.17) is 5.26 Å². The molecule has 4 rings (SSSR count). The lowest BCUT2D eigenvalue weighted by Crippen LogP contribution is -2.17. The van der Waals surface area contributed by atoms with Crippen LogP contribution in [0, 0.1) is 24.1 Å². The van der Waals surface area contributed by atoms with Crippen molar-refractivity contribution in [1.82, 2.24) is 9.78 Å². The molecule has 1 aromatic heterocycles. The van der Waals surface area contributed by atoms with E-state index in [0.29, 0.717) is 11.6 Å². The lowest BCUT2D eigenvalue weighted by molar-refractivity contribution is -0.141. The minimum absolute atomic E-state index is 0.0788. The van der Waals surface area contributed by atoms with Gasteiger partial charge in [0.1, 0.15) is 11.5 Å². The van der Waals surface area contributed by atoms with Gasteiger partial charge in [0.2, 0.25) is 0 Å². The summed E-state index contributed by atoms with van der Waals surface area (Å²) in [6.07, 6.45) is -4.81. The summed E-state index contributed by atoms with van der Waals surface area (Å²) in [5.74, 6) is -1.74. The first-order valence-corrected chi connectivity index (χ1v) is 10.0. The van der Waals surface area contributed by atoms with Crippen molar-refractivity contribution in [2.75, 3.05) is 5.32 Å². The summed E-state index contributed by atoms with van der Waals surface area (Å²) in [6, 6.07) is 19.6. The molecular weight excluding hydrogens is 448 g/mol. The molecule has 1 N–H and O–H groups in total. The molecule has 1 heterocycles. The van der Waals surface area contributed by atoms with Gasteiger partial charge in [-0.05, 0) is 53.9 Å². The fourth-order valence-electron chi connectivity index (χ4n) is 3.45. The van der Waals surface area contributed by atoms with Crippen LogP contribution in [0.3, 0.4) is 0 Å². The number of nitriles is 1. The molecular formula is C25H16F4N4O. The molecule has 0 fully saturated rings. The van der Waals surface area contributed by atoms with Gasteiger partial charge < -0.3 is 5.32 Å². The van der Waals surface area contributed by atoms with Crippen LogP contribution in [0.1, 0.15) is 27.3 Å². The number of carbonyl (C=O) groups is 1. The summed E-state index contributed by atoms with van der Waals surface area (Å²) in [5.41, 5.74) is 0.619. The van der Waals surface area contributed by atoms with E-state index in [9.17, 15) is 22.4 Å². The maximum Gasteiger partial charge on any atom is 0.435 e. The van der Waals surface area contributed by atoms with Crippen LogP contribution in [0.25, 0.3) is 16.8 Å². The van der Waals surface area contributed by atoms with Crippen LogP contribution in [0.15, 0.2) is 72.8 Å². The van der Waals surface area contributed by atoms with E-state index in [0.717, 1.165) is 15.8 Å². The van der Waals surface area contributed by atoms with E-state index in [1.807, 2.05) is 37.3 Å². The Balaban J connectivity index is 1.70. The van der Waals surface area contributed by atoms with Crippen molar-refractivity contribution in [3.8, 4) is 22.9 Å². The molecule has 0 spiro atoms. The maximum absolute atomic E-state index is 14.8. The Kier molecular flexibility index (Phi) is 5.90. The van der Waals surface area contributed by atoms with Crippen molar-refractivity contribution in [3.05, 3.63) is 101 Å². The van der Waals surface area contributed by atoms with Crippen molar-refractivity contribution >= 4 is 11.6 Å². The third-order valence-electron chi connectivity index (χ3n) is 5.13. The summed E-state index contributed by atoms with van der Waals surface area (Å²) in [7, 11) is 0. The number of amides is 1. The maximum atomic E-state index is 14.8. The molecule has 0 saturated heterocycles. The van der Waals surface area contributed by atoms with Crippen LogP contribution in [0.2, 0.25) is 0 Å². The van der Waals surface area contributed by atoms with E-state index in [1.165, 1.54) is 36.4 Å². The Morgan fingerprint density at radius 3 is 2.47 bits per heavy atom. The first-order chi connectivity index (χ1) is 16.2. The highest BCUT2D eigenvalue weighted by Crippen LogP contribution is 2.31. The highest BCUT2D eigenvalue weighted by Gasteiger charge is 2.36. The molecule has 4 aromatic rings. The number of halogens is 4. The number of benzene rings is 3. The molecule has 1 amide bonds. The molecule has 0 saturated carbocycles. The molecule has 9 heteroatoms. The highest BCUT2D eigenvalue weighted by atomic mass is 19.4. The lowest BCUT2D eigenvalue weighted by atomic mass is 10.0. The Labute approximate surface area is 191 Å². The fraction of sp³-hybridized carbons (Fsp3) is 0.0800. The van der Waals surface area contributed by atoms with Gasteiger partial charge in [0, 0.05) is 6.07 Å². The van der Waals surface area contributed by atoms with Crippen molar-refractivity contribution in [3.63, 3.8) is 0 Å². The summed E-state index contributed by atoms with van der Waals surface area (Å²) in [4.78, 5) is 12.9. The molecule has 0 bridgehead atoms. The van der Waals surface area contributed by atoms with Crippen LogP contribution in [-0.4, -0.2) is 15.7 Å². The van der Waals surface area contributed by atoms with E-state index < -0.39 is 29.3 Å². The average Bonchev–Trinajstić information content (AvgIpc) is 3.27. The topological polar surface area (TPSA) is 70.7 Å². The van der Waals surface area contributed by atoms with Gasteiger partial charge in [0.05, 0.1) is 23.0 Å². The van der Waals surface area contributed by atoms with Crippen molar-refractivity contribution in [1.29, 1.82) is 5.26 Å². The van der Waals surface area contributed by atoms with E-state index >= 15 is 0 Å². The molecule has 0 unspecified atom stereocenters. The van der Waals surface area contributed by atoms with E-state index in [2.05, 4.69) is 10.4 Å². The van der Waals surface area contributed by atoms with Gasteiger partial charge in [-0.15, -0.1) is 0 Å². The fourth-order valence-corrected chi connectivity index (χ4v) is 3.45. The minimum atomic E-state index is -4.81. The largest absolute Gasteiger partial charge is 0.435 e. The number of hydrogen-bond acceptors (Lipinski definition) is 3. The Bertz CT molecular complexity index is 1430. The number of anilines is 1. The SMILES string of the molecule is Cc1ccccc1-c1ccc(NC(=O)c2cc(C(F)(F)F)nn2-c2cccc(C#N)c2)c(F)c1. The number of rotatable bonds is 4. The second-order valence-corrected chi connectivity index (χ2v) is 7.45. The molecule has 5 nitrogen and oxygen atoms in total. The number of nitrogens with one attached hydrogen (secondary N) is 1. The quantitative estimate of drug-likeness (QED) is 0.370. The molecule has 0 radical (unpaired) electrons. The van der Waals surface area contributed by atoms with Crippen LogP contribution in [0.4, 0.5) is 23.2 Å². The summed E-state index contributed by atoms with van der Waals surface area (Å²) >= 11 is 0. The zero-order valence-corrected chi connectivity index (χ0v) is 17.7. The van der Waals surface area contributed by atoms with Gasteiger partial charge in [-0.25, -0.2) is 9.07 Å². The monoisotopic (exact) mass is 464 g/mol. The van der Waals surface area contributed by atoms with Crippen molar-refractivity contribution in [2.24, 2.45) is 0 Å². The number of aromatic nitrogens is 2. The number of nitrogens with zero attached hydrogens (tertiary/aromatic N) is 3. The van der Waals surface area contributed by atoms with Gasteiger partial charge in [0.25, 0.3) is 5.91 Å². The molecule has 34 heavy (non-hydrogen) atoms.